The highest BCUT2D eigenvalue weighted by atomic mass is 35.5. The number of carbonyl (C=O) groups is 1. The van der Waals surface area contributed by atoms with Crippen LogP contribution in [-0.4, -0.2) is 36.1 Å². The molecule has 0 fully saturated rings. The number of benzene rings is 1. The monoisotopic (exact) mass is 334 g/mol. The molecule has 0 atom stereocenters. The molecule has 1 aromatic carbocycles. The molecule has 0 bridgehead atoms. The summed E-state index contributed by atoms with van der Waals surface area (Å²) in [5.74, 6) is 0.369. The number of halogens is 1. The van der Waals surface area contributed by atoms with E-state index in [4.69, 9.17) is 16.3 Å². The molecule has 122 valence electrons. The Morgan fingerprint density at radius 3 is 2.65 bits per heavy atom. The second-order valence-electron chi connectivity index (χ2n) is 4.87. The van der Waals surface area contributed by atoms with Crippen LogP contribution in [0.25, 0.3) is 0 Å². The number of ether oxygens (including phenoxy) is 1. The molecule has 2 aromatic rings. The first-order valence-electron chi connectivity index (χ1n) is 7.26. The predicted molar refractivity (Wildman–Crippen MR) is 89.6 cm³/mol. The van der Waals surface area contributed by atoms with E-state index in [0.717, 1.165) is 18.5 Å². The van der Waals surface area contributed by atoms with E-state index in [1.165, 1.54) is 6.20 Å². The van der Waals surface area contributed by atoms with Gasteiger partial charge in [0.15, 0.2) is 0 Å². The second-order valence-corrected chi connectivity index (χ2v) is 5.31. The van der Waals surface area contributed by atoms with Crippen LogP contribution in [0.1, 0.15) is 22.5 Å². The molecule has 1 amide bonds. The summed E-state index contributed by atoms with van der Waals surface area (Å²) in [5, 5.41) is 6.57. The van der Waals surface area contributed by atoms with Gasteiger partial charge in [-0.05, 0) is 24.1 Å². The molecular weight excluding hydrogens is 316 g/mol. The zero-order chi connectivity index (χ0) is 16.5. The van der Waals surface area contributed by atoms with E-state index >= 15 is 0 Å². The minimum Gasteiger partial charge on any atom is -0.385 e. The second kappa shape index (κ2) is 9.07. The Morgan fingerprint density at radius 2 is 2.00 bits per heavy atom. The Labute approximate surface area is 140 Å². The van der Waals surface area contributed by atoms with Crippen LogP contribution in [0.2, 0.25) is 5.02 Å². The van der Waals surface area contributed by atoms with Gasteiger partial charge in [-0.25, -0.2) is 9.97 Å². The number of nitrogens with zero attached hydrogens (tertiary/aromatic N) is 2. The van der Waals surface area contributed by atoms with Crippen LogP contribution in [0.15, 0.2) is 36.7 Å². The summed E-state index contributed by atoms with van der Waals surface area (Å²) in [7, 11) is 1.66. The van der Waals surface area contributed by atoms with Crippen molar-refractivity contribution in [2.75, 3.05) is 25.6 Å². The van der Waals surface area contributed by atoms with Crippen molar-refractivity contribution in [3.05, 3.63) is 52.9 Å². The highest BCUT2D eigenvalue weighted by molar-refractivity contribution is 6.30. The van der Waals surface area contributed by atoms with Crippen molar-refractivity contribution in [1.29, 1.82) is 0 Å². The van der Waals surface area contributed by atoms with E-state index in [0.29, 0.717) is 24.0 Å². The normalized spacial score (nSPS) is 10.3. The molecule has 0 saturated carbocycles. The third-order valence-electron chi connectivity index (χ3n) is 3.08. The minimum absolute atomic E-state index is 0.265. The molecule has 0 radical (unpaired) electrons. The Morgan fingerprint density at radius 1 is 1.22 bits per heavy atom. The van der Waals surface area contributed by atoms with Crippen LogP contribution >= 0.6 is 11.6 Å². The van der Waals surface area contributed by atoms with E-state index in [9.17, 15) is 4.79 Å². The molecule has 23 heavy (non-hydrogen) atoms. The number of methoxy groups -OCH3 is 1. The van der Waals surface area contributed by atoms with Crippen LogP contribution in [0.4, 0.5) is 5.82 Å². The van der Waals surface area contributed by atoms with Gasteiger partial charge in [0.05, 0.1) is 12.4 Å². The van der Waals surface area contributed by atoms with E-state index in [2.05, 4.69) is 20.6 Å². The third-order valence-corrected chi connectivity index (χ3v) is 3.33. The van der Waals surface area contributed by atoms with Crippen molar-refractivity contribution in [2.45, 2.75) is 13.0 Å². The van der Waals surface area contributed by atoms with Gasteiger partial charge in [0.1, 0.15) is 11.5 Å². The number of carbonyl (C=O) groups excluding carboxylic acids is 1. The van der Waals surface area contributed by atoms with E-state index in [1.54, 1.807) is 25.4 Å². The van der Waals surface area contributed by atoms with Gasteiger partial charge >= 0.3 is 0 Å². The van der Waals surface area contributed by atoms with E-state index in [1.807, 2.05) is 12.1 Å². The number of nitrogens with one attached hydrogen (secondary N) is 2. The van der Waals surface area contributed by atoms with Crippen molar-refractivity contribution in [1.82, 2.24) is 15.3 Å². The predicted octanol–water partition coefficient (Wildman–Crippen LogP) is 2.51. The number of hydrogen-bond acceptors (Lipinski definition) is 5. The lowest BCUT2D eigenvalue weighted by Gasteiger charge is -2.07. The van der Waals surface area contributed by atoms with Crippen molar-refractivity contribution in [3.8, 4) is 0 Å². The molecule has 2 rings (SSSR count). The third kappa shape index (κ3) is 5.84. The molecular formula is C16H19ClN4O2. The van der Waals surface area contributed by atoms with Gasteiger partial charge in [-0.3, -0.25) is 4.79 Å². The molecule has 2 N–H and O–H groups in total. The van der Waals surface area contributed by atoms with Gasteiger partial charge in [-0.1, -0.05) is 23.7 Å². The lowest BCUT2D eigenvalue weighted by Crippen LogP contribution is -2.24. The molecule has 0 aliphatic rings. The number of amides is 1. The molecule has 7 heteroatoms. The Kier molecular flexibility index (Phi) is 6.77. The first-order valence-corrected chi connectivity index (χ1v) is 7.64. The SMILES string of the molecule is COCCCNc1cnc(C(=O)NCc2ccc(Cl)cc2)cn1. The number of aromatic nitrogens is 2. The molecule has 0 unspecified atom stereocenters. The maximum absolute atomic E-state index is 12.0. The van der Waals surface area contributed by atoms with Crippen LogP contribution in [0.3, 0.4) is 0 Å². The summed E-state index contributed by atoms with van der Waals surface area (Å²) in [5.41, 5.74) is 1.24. The van der Waals surface area contributed by atoms with E-state index in [-0.39, 0.29) is 11.6 Å². The maximum atomic E-state index is 12.0. The van der Waals surface area contributed by atoms with Crippen LogP contribution < -0.4 is 10.6 Å². The quantitative estimate of drug-likeness (QED) is 0.725. The van der Waals surface area contributed by atoms with Crippen LogP contribution in [-0.2, 0) is 11.3 Å². The van der Waals surface area contributed by atoms with Crippen molar-refractivity contribution >= 4 is 23.3 Å². The smallest absolute Gasteiger partial charge is 0.271 e. The summed E-state index contributed by atoms with van der Waals surface area (Å²) in [6.45, 7) is 1.84. The Balaban J connectivity index is 1.81. The average molecular weight is 335 g/mol. The van der Waals surface area contributed by atoms with Gasteiger partial charge < -0.3 is 15.4 Å². The number of rotatable bonds is 8. The van der Waals surface area contributed by atoms with Gasteiger partial charge in [0.2, 0.25) is 0 Å². The summed E-state index contributed by atoms with van der Waals surface area (Å²) in [4.78, 5) is 20.3. The first kappa shape index (κ1) is 17.2. The largest absolute Gasteiger partial charge is 0.385 e. The summed E-state index contributed by atoms with van der Waals surface area (Å²) in [6, 6.07) is 7.29. The first-order chi connectivity index (χ1) is 11.2. The zero-order valence-corrected chi connectivity index (χ0v) is 13.6. The average Bonchev–Trinajstić information content (AvgIpc) is 2.58. The van der Waals surface area contributed by atoms with Crippen molar-refractivity contribution < 1.29 is 9.53 Å². The Bertz CT molecular complexity index is 617. The molecule has 1 heterocycles. The summed E-state index contributed by atoms with van der Waals surface area (Å²) >= 11 is 5.82. The number of anilines is 1. The summed E-state index contributed by atoms with van der Waals surface area (Å²) < 4.78 is 4.96. The van der Waals surface area contributed by atoms with Gasteiger partial charge in [-0.2, -0.15) is 0 Å². The Hall–Kier alpha value is -2.18. The fourth-order valence-corrected chi connectivity index (χ4v) is 1.97. The van der Waals surface area contributed by atoms with Crippen LogP contribution in [0.5, 0.6) is 0 Å². The van der Waals surface area contributed by atoms with Gasteiger partial charge in [-0.15, -0.1) is 0 Å². The van der Waals surface area contributed by atoms with Gasteiger partial charge in [0.25, 0.3) is 5.91 Å². The van der Waals surface area contributed by atoms with E-state index < -0.39 is 0 Å². The standard InChI is InChI=1S/C16H19ClN4O2/c1-23-8-2-7-18-15-11-19-14(10-20-15)16(22)21-9-12-3-5-13(17)6-4-12/h3-6,10-11H,2,7-9H2,1H3,(H,18,20)(H,21,22). The molecule has 0 aliphatic carbocycles. The highest BCUT2D eigenvalue weighted by Gasteiger charge is 2.07. The highest BCUT2D eigenvalue weighted by Crippen LogP contribution is 2.09. The molecule has 0 saturated heterocycles. The zero-order valence-electron chi connectivity index (χ0n) is 12.9. The lowest BCUT2D eigenvalue weighted by atomic mass is 10.2. The van der Waals surface area contributed by atoms with Gasteiger partial charge in [0, 0.05) is 31.8 Å². The molecule has 6 nitrogen and oxygen atoms in total. The molecule has 0 aliphatic heterocycles. The fraction of sp³-hybridized carbons (Fsp3) is 0.312. The van der Waals surface area contributed by atoms with Crippen molar-refractivity contribution in [2.24, 2.45) is 0 Å². The molecule has 0 spiro atoms. The number of hydrogen-bond donors (Lipinski definition) is 2. The lowest BCUT2D eigenvalue weighted by molar-refractivity contribution is 0.0945. The summed E-state index contributed by atoms with van der Waals surface area (Å²) in [6.07, 6.45) is 3.88. The molecule has 1 aromatic heterocycles. The minimum atomic E-state index is -0.265. The van der Waals surface area contributed by atoms with Crippen LogP contribution in [0, 0.1) is 0 Å². The van der Waals surface area contributed by atoms with Crippen molar-refractivity contribution in [3.63, 3.8) is 0 Å². The maximum Gasteiger partial charge on any atom is 0.271 e. The topological polar surface area (TPSA) is 76.1 Å². The fourth-order valence-electron chi connectivity index (χ4n) is 1.84.